The van der Waals surface area contributed by atoms with Crippen LogP contribution in [0.3, 0.4) is 0 Å². The highest BCUT2D eigenvalue weighted by Gasteiger charge is 2.21. The number of methoxy groups -OCH3 is 1. The highest BCUT2D eigenvalue weighted by Crippen LogP contribution is 2.26. The largest absolute Gasteiger partial charge is 0.384 e. The van der Waals surface area contributed by atoms with Crippen molar-refractivity contribution in [3.05, 3.63) is 26.4 Å². The number of Topliss-reactive ketones (excluding diaryl/α,β-unsaturated/α-hetero) is 1. The molecule has 0 amide bonds. The monoisotopic (exact) mass is 414 g/mol. The molecule has 2 aromatic heterocycles. The Bertz CT molecular complexity index is 920. The molecule has 10 nitrogen and oxygen atoms in total. The predicted molar refractivity (Wildman–Crippen MR) is 106 cm³/mol. The molecule has 0 aliphatic carbocycles. The van der Waals surface area contributed by atoms with Crippen LogP contribution in [0.1, 0.15) is 23.7 Å². The quantitative estimate of drug-likeness (QED) is 0.322. The number of nitrogen functional groups attached to an aromatic ring is 1. The van der Waals surface area contributed by atoms with E-state index in [4.69, 9.17) is 10.5 Å². The van der Waals surface area contributed by atoms with Crippen molar-refractivity contribution in [1.82, 2.24) is 19.3 Å². The normalized spacial score (nSPS) is 10.9. The zero-order valence-electron chi connectivity index (χ0n) is 15.4. The Hall–Kier alpha value is -2.18. The van der Waals surface area contributed by atoms with E-state index in [1.165, 1.54) is 23.0 Å². The topological polar surface area (TPSA) is 134 Å². The van der Waals surface area contributed by atoms with Crippen LogP contribution in [0.4, 0.5) is 10.9 Å². The number of ketones is 1. The van der Waals surface area contributed by atoms with Crippen LogP contribution in [0.15, 0.2) is 13.9 Å². The van der Waals surface area contributed by atoms with Gasteiger partial charge in [-0.25, -0.2) is 4.79 Å². The summed E-state index contributed by atoms with van der Waals surface area (Å²) in [4.78, 5) is 37.1. The average molecular weight is 415 g/mol. The molecule has 27 heavy (non-hydrogen) atoms. The van der Waals surface area contributed by atoms with Crippen molar-refractivity contribution in [1.29, 1.82) is 0 Å². The van der Waals surface area contributed by atoms with Gasteiger partial charge in [0.1, 0.15) is 11.4 Å². The lowest BCUT2D eigenvalue weighted by Crippen LogP contribution is -2.42. The summed E-state index contributed by atoms with van der Waals surface area (Å²) in [6, 6.07) is 0. The van der Waals surface area contributed by atoms with Gasteiger partial charge in [-0.1, -0.05) is 30.0 Å². The van der Waals surface area contributed by atoms with Gasteiger partial charge in [0, 0.05) is 27.2 Å². The molecule has 0 fully saturated rings. The number of hydrogen-bond acceptors (Lipinski definition) is 10. The smallest absolute Gasteiger partial charge is 0.332 e. The summed E-state index contributed by atoms with van der Waals surface area (Å²) < 4.78 is 7.69. The second-order valence-corrected chi connectivity index (χ2v) is 7.76. The number of carbonyl (C=O) groups is 1. The molecule has 3 N–H and O–H groups in total. The molecule has 2 rings (SSSR count). The first-order valence-electron chi connectivity index (χ1n) is 8.22. The van der Waals surface area contributed by atoms with E-state index < -0.39 is 17.0 Å². The molecule has 0 unspecified atom stereocenters. The van der Waals surface area contributed by atoms with Gasteiger partial charge in [0.05, 0.1) is 12.4 Å². The van der Waals surface area contributed by atoms with E-state index >= 15 is 0 Å². The molecule has 2 aromatic rings. The number of thioether (sulfide) groups is 1. The molecule has 12 heteroatoms. The number of carbonyl (C=O) groups excluding carboxylic acids is 1. The number of nitrogens with zero attached hydrogens (tertiary/aromatic N) is 4. The van der Waals surface area contributed by atoms with Crippen LogP contribution in [0.2, 0.25) is 0 Å². The predicted octanol–water partition coefficient (Wildman–Crippen LogP) is 0.424. The summed E-state index contributed by atoms with van der Waals surface area (Å²) >= 11 is 2.46. The van der Waals surface area contributed by atoms with Gasteiger partial charge in [-0.2, -0.15) is 0 Å². The van der Waals surface area contributed by atoms with Crippen LogP contribution in [-0.2, 0) is 18.3 Å². The minimum atomic E-state index is -0.686. The van der Waals surface area contributed by atoms with Gasteiger partial charge in [-0.15, -0.1) is 10.2 Å². The zero-order valence-corrected chi connectivity index (χ0v) is 17.0. The van der Waals surface area contributed by atoms with Gasteiger partial charge in [-0.05, 0) is 6.42 Å². The number of rotatable bonds is 10. The Labute approximate surface area is 163 Å². The molecule has 148 valence electrons. The van der Waals surface area contributed by atoms with Crippen molar-refractivity contribution < 1.29 is 9.53 Å². The summed E-state index contributed by atoms with van der Waals surface area (Å²) in [5, 5.41) is 11.6. The zero-order chi connectivity index (χ0) is 20.0. The van der Waals surface area contributed by atoms with Crippen LogP contribution in [0.5, 0.6) is 0 Å². The Balaban J connectivity index is 2.15. The van der Waals surface area contributed by atoms with Crippen LogP contribution in [0, 0.1) is 0 Å². The standard InChI is InChI=1S/C15H22N6O4S2/c1-4-6-21-11(16)10(12(23)20(2)15(21)24)9(22)8-26-14-19-18-13(27-14)17-5-7-25-3/h4-8,16H2,1-3H3,(H,17,18). The Morgan fingerprint density at radius 2 is 2.11 bits per heavy atom. The maximum atomic E-state index is 12.6. The molecule has 2 heterocycles. The molecule has 0 saturated heterocycles. The van der Waals surface area contributed by atoms with Gasteiger partial charge in [-0.3, -0.25) is 18.7 Å². The molecular formula is C15H22N6O4S2. The van der Waals surface area contributed by atoms with E-state index in [2.05, 4.69) is 15.5 Å². The molecule has 0 bridgehead atoms. The number of nitrogens with two attached hydrogens (primary N) is 1. The molecule has 0 aromatic carbocycles. The van der Waals surface area contributed by atoms with Crippen molar-refractivity contribution in [2.75, 3.05) is 37.1 Å². The molecule has 0 aliphatic heterocycles. The fraction of sp³-hybridized carbons (Fsp3) is 0.533. The third-order valence-electron chi connectivity index (χ3n) is 3.62. The average Bonchev–Trinajstić information content (AvgIpc) is 3.10. The number of ether oxygens (including phenoxy) is 1. The van der Waals surface area contributed by atoms with Gasteiger partial charge >= 0.3 is 5.69 Å². The van der Waals surface area contributed by atoms with E-state index in [0.717, 1.165) is 16.3 Å². The molecule has 0 radical (unpaired) electrons. The third kappa shape index (κ3) is 4.96. The summed E-state index contributed by atoms with van der Waals surface area (Å²) in [5.41, 5.74) is 4.57. The lowest BCUT2D eigenvalue weighted by molar-refractivity contribution is 0.102. The van der Waals surface area contributed by atoms with E-state index in [1.54, 1.807) is 7.11 Å². The van der Waals surface area contributed by atoms with Crippen molar-refractivity contribution in [2.24, 2.45) is 7.05 Å². The van der Waals surface area contributed by atoms with Crippen LogP contribution < -0.4 is 22.3 Å². The minimum Gasteiger partial charge on any atom is -0.384 e. The molecule has 0 saturated carbocycles. The van der Waals surface area contributed by atoms with Gasteiger partial charge in [0.25, 0.3) is 5.56 Å². The molecule has 0 spiro atoms. The van der Waals surface area contributed by atoms with Gasteiger partial charge in [0.15, 0.2) is 10.1 Å². The molecule has 0 aliphatic rings. The fourth-order valence-electron chi connectivity index (χ4n) is 2.28. The van der Waals surface area contributed by atoms with Crippen molar-refractivity contribution in [3.63, 3.8) is 0 Å². The number of nitrogens with one attached hydrogen (secondary N) is 1. The van der Waals surface area contributed by atoms with Crippen LogP contribution >= 0.6 is 23.1 Å². The third-order valence-corrected chi connectivity index (χ3v) is 5.64. The molecular weight excluding hydrogens is 392 g/mol. The van der Waals surface area contributed by atoms with Gasteiger partial charge < -0.3 is 15.8 Å². The van der Waals surface area contributed by atoms with Crippen LogP contribution in [-0.4, -0.2) is 51.1 Å². The maximum Gasteiger partial charge on any atom is 0.332 e. The minimum absolute atomic E-state index is 0.0313. The Kier molecular flexibility index (Phi) is 7.56. The SMILES string of the molecule is CCCn1c(N)c(C(=O)CSc2nnc(NCCOC)s2)c(=O)n(C)c1=O. The summed E-state index contributed by atoms with van der Waals surface area (Å²) in [6.45, 7) is 3.35. The van der Waals surface area contributed by atoms with E-state index in [1.807, 2.05) is 6.92 Å². The Morgan fingerprint density at radius 1 is 1.37 bits per heavy atom. The Morgan fingerprint density at radius 3 is 2.78 bits per heavy atom. The van der Waals surface area contributed by atoms with Gasteiger partial charge in [0.2, 0.25) is 5.13 Å². The number of hydrogen-bond donors (Lipinski definition) is 2. The first-order chi connectivity index (χ1) is 12.9. The summed E-state index contributed by atoms with van der Waals surface area (Å²) in [6.07, 6.45) is 0.647. The summed E-state index contributed by atoms with van der Waals surface area (Å²) in [5.74, 6) is -0.571. The first-order valence-corrected chi connectivity index (χ1v) is 10.0. The van der Waals surface area contributed by atoms with E-state index in [-0.39, 0.29) is 17.1 Å². The van der Waals surface area contributed by atoms with E-state index in [0.29, 0.717) is 35.6 Å². The lowest BCUT2D eigenvalue weighted by Gasteiger charge is -2.13. The maximum absolute atomic E-state index is 12.6. The highest BCUT2D eigenvalue weighted by atomic mass is 32.2. The highest BCUT2D eigenvalue weighted by molar-refractivity contribution is 8.01. The van der Waals surface area contributed by atoms with Crippen LogP contribution in [0.25, 0.3) is 0 Å². The number of aromatic nitrogens is 4. The first kappa shape index (κ1) is 21.1. The van der Waals surface area contributed by atoms with Crippen molar-refractivity contribution in [2.45, 2.75) is 24.2 Å². The second kappa shape index (κ2) is 9.67. The van der Waals surface area contributed by atoms with E-state index in [9.17, 15) is 14.4 Å². The van der Waals surface area contributed by atoms with Crippen molar-refractivity contribution >= 4 is 39.8 Å². The lowest BCUT2D eigenvalue weighted by atomic mass is 10.2. The fourth-order valence-corrected chi connectivity index (χ4v) is 3.93. The van der Waals surface area contributed by atoms with Crippen molar-refractivity contribution in [3.8, 4) is 0 Å². The summed E-state index contributed by atoms with van der Waals surface area (Å²) in [7, 11) is 2.94. The second-order valence-electron chi connectivity index (χ2n) is 5.56. The number of anilines is 2. The molecule has 0 atom stereocenters.